The summed E-state index contributed by atoms with van der Waals surface area (Å²) >= 11 is 0. The molecule has 0 heterocycles. The highest BCUT2D eigenvalue weighted by atomic mass is 16.3. The van der Waals surface area contributed by atoms with Gasteiger partial charge in [0, 0.05) is 17.2 Å². The van der Waals surface area contributed by atoms with Crippen molar-refractivity contribution in [1.82, 2.24) is 5.32 Å². The highest BCUT2D eigenvalue weighted by molar-refractivity contribution is 6.15. The van der Waals surface area contributed by atoms with E-state index in [1.165, 1.54) is 0 Å². The standard InChI is InChI=1S/C17H17NO3/c1-12(11-19)18-17(21)15-10-6-5-9-14(15)16(20)13-7-3-2-4-8-13/h2-10,12,19H,11H2,1H3,(H,18,21). The van der Waals surface area contributed by atoms with E-state index >= 15 is 0 Å². The summed E-state index contributed by atoms with van der Waals surface area (Å²) in [5.41, 5.74) is 1.20. The van der Waals surface area contributed by atoms with E-state index in [2.05, 4.69) is 5.32 Å². The highest BCUT2D eigenvalue weighted by Gasteiger charge is 2.18. The van der Waals surface area contributed by atoms with Gasteiger partial charge >= 0.3 is 0 Å². The van der Waals surface area contributed by atoms with E-state index in [1.807, 2.05) is 6.07 Å². The van der Waals surface area contributed by atoms with Crippen LogP contribution in [-0.4, -0.2) is 29.4 Å². The molecule has 4 nitrogen and oxygen atoms in total. The Bertz CT molecular complexity index is 637. The largest absolute Gasteiger partial charge is 0.394 e. The number of ketones is 1. The minimum atomic E-state index is -0.364. The van der Waals surface area contributed by atoms with E-state index in [4.69, 9.17) is 5.11 Å². The molecule has 0 spiro atoms. The number of hydrogen-bond acceptors (Lipinski definition) is 3. The van der Waals surface area contributed by atoms with Gasteiger partial charge in [-0.2, -0.15) is 0 Å². The average Bonchev–Trinajstić information content (AvgIpc) is 2.54. The molecule has 1 amide bonds. The molecule has 0 aliphatic heterocycles. The molecule has 0 saturated heterocycles. The second-order valence-corrected chi connectivity index (χ2v) is 4.80. The first-order chi connectivity index (χ1) is 10.1. The van der Waals surface area contributed by atoms with Crippen LogP contribution in [-0.2, 0) is 0 Å². The molecule has 0 saturated carbocycles. The number of aliphatic hydroxyl groups is 1. The first-order valence-electron chi connectivity index (χ1n) is 6.74. The summed E-state index contributed by atoms with van der Waals surface area (Å²) in [5.74, 6) is -0.561. The number of aliphatic hydroxyl groups excluding tert-OH is 1. The fourth-order valence-corrected chi connectivity index (χ4v) is 1.97. The molecule has 2 aromatic carbocycles. The lowest BCUT2D eigenvalue weighted by atomic mass is 9.98. The molecule has 0 fully saturated rings. The molecule has 1 atom stereocenters. The average molecular weight is 283 g/mol. The fraction of sp³-hybridized carbons (Fsp3) is 0.176. The second-order valence-electron chi connectivity index (χ2n) is 4.80. The molecular weight excluding hydrogens is 266 g/mol. The number of amides is 1. The zero-order chi connectivity index (χ0) is 15.2. The third-order valence-electron chi connectivity index (χ3n) is 3.10. The van der Waals surface area contributed by atoms with E-state index < -0.39 is 0 Å². The van der Waals surface area contributed by atoms with Crippen LogP contribution in [0.5, 0.6) is 0 Å². The normalized spacial score (nSPS) is 11.7. The van der Waals surface area contributed by atoms with Crippen molar-refractivity contribution in [2.45, 2.75) is 13.0 Å². The Balaban J connectivity index is 2.33. The quantitative estimate of drug-likeness (QED) is 0.825. The van der Waals surface area contributed by atoms with Crippen molar-refractivity contribution in [1.29, 1.82) is 0 Å². The maximum atomic E-state index is 12.5. The maximum absolute atomic E-state index is 12.5. The minimum absolute atomic E-state index is 0.152. The minimum Gasteiger partial charge on any atom is -0.394 e. The topological polar surface area (TPSA) is 66.4 Å². The highest BCUT2D eigenvalue weighted by Crippen LogP contribution is 2.15. The van der Waals surface area contributed by atoms with Gasteiger partial charge in [-0.3, -0.25) is 9.59 Å². The number of benzene rings is 2. The van der Waals surface area contributed by atoms with Gasteiger partial charge in [0.05, 0.1) is 12.2 Å². The molecule has 0 aliphatic rings. The molecule has 0 aromatic heterocycles. The third kappa shape index (κ3) is 3.55. The van der Waals surface area contributed by atoms with Crippen LogP contribution in [0.15, 0.2) is 54.6 Å². The van der Waals surface area contributed by atoms with Crippen LogP contribution in [0.3, 0.4) is 0 Å². The zero-order valence-electron chi connectivity index (χ0n) is 11.7. The molecule has 108 valence electrons. The molecular formula is C17H17NO3. The maximum Gasteiger partial charge on any atom is 0.252 e. The van der Waals surface area contributed by atoms with Crippen LogP contribution in [0.4, 0.5) is 0 Å². The first-order valence-corrected chi connectivity index (χ1v) is 6.74. The van der Waals surface area contributed by atoms with E-state index in [1.54, 1.807) is 55.5 Å². The Kier molecular flexibility index (Phi) is 4.85. The van der Waals surface area contributed by atoms with Gasteiger partial charge in [0.15, 0.2) is 5.78 Å². The fourth-order valence-electron chi connectivity index (χ4n) is 1.97. The van der Waals surface area contributed by atoms with Crippen molar-refractivity contribution in [3.05, 3.63) is 71.3 Å². The van der Waals surface area contributed by atoms with E-state index in [-0.39, 0.29) is 24.3 Å². The molecule has 4 heteroatoms. The van der Waals surface area contributed by atoms with Crippen LogP contribution in [0.2, 0.25) is 0 Å². The Morgan fingerprint density at radius 1 is 1.00 bits per heavy atom. The van der Waals surface area contributed by atoms with Gasteiger partial charge in [-0.25, -0.2) is 0 Å². The van der Waals surface area contributed by atoms with Crippen LogP contribution >= 0.6 is 0 Å². The Hall–Kier alpha value is -2.46. The Morgan fingerprint density at radius 2 is 1.57 bits per heavy atom. The molecule has 0 aliphatic carbocycles. The van der Waals surface area contributed by atoms with Gasteiger partial charge in [-0.1, -0.05) is 48.5 Å². The van der Waals surface area contributed by atoms with Crippen LogP contribution in [0.25, 0.3) is 0 Å². The number of nitrogens with one attached hydrogen (secondary N) is 1. The van der Waals surface area contributed by atoms with Crippen LogP contribution < -0.4 is 5.32 Å². The Labute approximate surface area is 123 Å². The summed E-state index contributed by atoms with van der Waals surface area (Å²) in [6.45, 7) is 1.54. The van der Waals surface area contributed by atoms with Crippen molar-refractivity contribution in [2.75, 3.05) is 6.61 Å². The van der Waals surface area contributed by atoms with Crippen LogP contribution in [0.1, 0.15) is 33.2 Å². The molecule has 0 bridgehead atoms. The van der Waals surface area contributed by atoms with Gasteiger partial charge in [0.2, 0.25) is 0 Å². The van der Waals surface area contributed by atoms with Gasteiger partial charge in [-0.15, -0.1) is 0 Å². The summed E-state index contributed by atoms with van der Waals surface area (Å²) in [7, 11) is 0. The van der Waals surface area contributed by atoms with Crippen molar-refractivity contribution in [3.8, 4) is 0 Å². The summed E-state index contributed by atoms with van der Waals surface area (Å²) in [6, 6.07) is 15.1. The summed E-state index contributed by atoms with van der Waals surface area (Å²) < 4.78 is 0. The number of hydrogen-bond donors (Lipinski definition) is 2. The monoisotopic (exact) mass is 283 g/mol. The number of carbonyl (C=O) groups is 2. The van der Waals surface area contributed by atoms with Gasteiger partial charge in [-0.05, 0) is 13.0 Å². The first kappa shape index (κ1) is 14.9. The summed E-state index contributed by atoms with van der Waals surface area (Å²) in [6.07, 6.45) is 0. The molecule has 1 unspecified atom stereocenters. The number of rotatable bonds is 5. The molecule has 2 N–H and O–H groups in total. The van der Waals surface area contributed by atoms with Crippen LogP contribution in [0, 0.1) is 0 Å². The van der Waals surface area contributed by atoms with Gasteiger partial charge < -0.3 is 10.4 Å². The summed E-state index contributed by atoms with van der Waals surface area (Å²) in [4.78, 5) is 24.7. The molecule has 21 heavy (non-hydrogen) atoms. The lowest BCUT2D eigenvalue weighted by Crippen LogP contribution is -2.35. The molecule has 2 aromatic rings. The molecule has 2 rings (SSSR count). The Morgan fingerprint density at radius 3 is 2.19 bits per heavy atom. The van der Waals surface area contributed by atoms with Crippen molar-refractivity contribution >= 4 is 11.7 Å². The summed E-state index contributed by atoms with van der Waals surface area (Å²) in [5, 5.41) is 11.7. The molecule has 0 radical (unpaired) electrons. The predicted octanol–water partition coefficient (Wildman–Crippen LogP) is 2.03. The number of carbonyl (C=O) groups excluding carboxylic acids is 2. The van der Waals surface area contributed by atoms with Crippen molar-refractivity contribution < 1.29 is 14.7 Å². The second kappa shape index (κ2) is 6.81. The lowest BCUT2D eigenvalue weighted by Gasteiger charge is -2.13. The van der Waals surface area contributed by atoms with Crippen molar-refractivity contribution in [2.24, 2.45) is 0 Å². The van der Waals surface area contributed by atoms with E-state index in [9.17, 15) is 9.59 Å². The van der Waals surface area contributed by atoms with Gasteiger partial charge in [0.1, 0.15) is 0 Å². The van der Waals surface area contributed by atoms with Gasteiger partial charge in [0.25, 0.3) is 5.91 Å². The predicted molar refractivity (Wildman–Crippen MR) is 80.3 cm³/mol. The van der Waals surface area contributed by atoms with E-state index in [0.717, 1.165) is 0 Å². The lowest BCUT2D eigenvalue weighted by molar-refractivity contribution is 0.0913. The van der Waals surface area contributed by atoms with E-state index in [0.29, 0.717) is 16.7 Å². The third-order valence-corrected chi connectivity index (χ3v) is 3.10. The zero-order valence-corrected chi connectivity index (χ0v) is 11.7. The van der Waals surface area contributed by atoms with Crippen molar-refractivity contribution in [3.63, 3.8) is 0 Å². The smallest absolute Gasteiger partial charge is 0.252 e. The SMILES string of the molecule is CC(CO)NC(=O)c1ccccc1C(=O)c1ccccc1.